The molecule has 1 saturated heterocycles. The lowest BCUT2D eigenvalue weighted by molar-refractivity contribution is 0.137. The minimum atomic E-state index is -0.399. The Morgan fingerprint density at radius 3 is 2.89 bits per heavy atom. The molecular weight excluding hydrogens is 244 g/mol. The second-order valence-electron chi connectivity index (χ2n) is 4.73. The molecule has 0 spiro atoms. The molecule has 0 aliphatic carbocycles. The standard InChI is InChI=1S/C14H20N2O3/c17-13-6-8-16(10-13)9-7-15-14(18)19-11-12-4-2-1-3-5-12/h1-5,13,17H,6-11H2,(H,15,18)/t13-/m0/s1. The fraction of sp³-hybridized carbons (Fsp3) is 0.500. The summed E-state index contributed by atoms with van der Waals surface area (Å²) in [6, 6.07) is 9.58. The van der Waals surface area contributed by atoms with Gasteiger partial charge in [0.25, 0.3) is 0 Å². The molecule has 1 aliphatic heterocycles. The van der Waals surface area contributed by atoms with Crippen LogP contribution >= 0.6 is 0 Å². The van der Waals surface area contributed by atoms with Gasteiger partial charge in [-0.3, -0.25) is 4.90 Å². The first kappa shape index (κ1) is 13.8. The summed E-state index contributed by atoms with van der Waals surface area (Å²) in [6.07, 6.45) is 0.201. The highest BCUT2D eigenvalue weighted by molar-refractivity contribution is 5.67. The Bertz CT molecular complexity index is 397. The average Bonchev–Trinajstić information content (AvgIpc) is 2.83. The molecule has 1 aromatic rings. The third-order valence-electron chi connectivity index (χ3n) is 3.16. The van der Waals surface area contributed by atoms with Crippen LogP contribution < -0.4 is 5.32 Å². The average molecular weight is 264 g/mol. The molecule has 19 heavy (non-hydrogen) atoms. The van der Waals surface area contributed by atoms with Gasteiger partial charge in [-0.2, -0.15) is 0 Å². The summed E-state index contributed by atoms with van der Waals surface area (Å²) in [6.45, 7) is 3.16. The summed E-state index contributed by atoms with van der Waals surface area (Å²) < 4.78 is 5.10. The Hall–Kier alpha value is -1.59. The molecule has 1 aliphatic rings. The summed E-state index contributed by atoms with van der Waals surface area (Å²) in [5.74, 6) is 0. The van der Waals surface area contributed by atoms with E-state index in [1.54, 1.807) is 0 Å². The number of amides is 1. The maximum Gasteiger partial charge on any atom is 0.407 e. The molecule has 2 N–H and O–H groups in total. The highest BCUT2D eigenvalue weighted by Gasteiger charge is 2.19. The number of likely N-dealkylation sites (tertiary alicyclic amines) is 1. The van der Waals surface area contributed by atoms with Gasteiger partial charge in [0.2, 0.25) is 0 Å². The normalized spacial score (nSPS) is 19.3. The van der Waals surface area contributed by atoms with E-state index in [2.05, 4.69) is 10.2 Å². The third-order valence-corrected chi connectivity index (χ3v) is 3.16. The van der Waals surface area contributed by atoms with Crippen LogP contribution in [0.1, 0.15) is 12.0 Å². The zero-order chi connectivity index (χ0) is 13.5. The van der Waals surface area contributed by atoms with Crippen LogP contribution in [-0.4, -0.2) is 48.4 Å². The summed E-state index contributed by atoms with van der Waals surface area (Å²) in [7, 11) is 0. The SMILES string of the molecule is O=C(NCCN1CC[C@H](O)C1)OCc1ccccc1. The number of hydrogen-bond acceptors (Lipinski definition) is 4. The lowest BCUT2D eigenvalue weighted by atomic mass is 10.2. The predicted octanol–water partition coefficient (Wildman–Crippen LogP) is 0.979. The fourth-order valence-electron chi connectivity index (χ4n) is 2.11. The quantitative estimate of drug-likeness (QED) is 0.832. The molecule has 0 aromatic heterocycles. The molecule has 5 nitrogen and oxygen atoms in total. The molecule has 1 amide bonds. The largest absolute Gasteiger partial charge is 0.445 e. The first-order valence-electron chi connectivity index (χ1n) is 6.59. The maximum absolute atomic E-state index is 11.5. The van der Waals surface area contributed by atoms with E-state index in [0.717, 1.165) is 25.1 Å². The Balaban J connectivity index is 1.57. The summed E-state index contributed by atoms with van der Waals surface area (Å²) in [5, 5.41) is 12.1. The van der Waals surface area contributed by atoms with Crippen molar-refractivity contribution >= 4 is 6.09 Å². The molecule has 104 valence electrons. The van der Waals surface area contributed by atoms with Crippen LogP contribution in [0.3, 0.4) is 0 Å². The highest BCUT2D eigenvalue weighted by Crippen LogP contribution is 2.07. The van der Waals surface area contributed by atoms with Crippen molar-refractivity contribution in [1.82, 2.24) is 10.2 Å². The first-order valence-corrected chi connectivity index (χ1v) is 6.59. The molecule has 2 rings (SSSR count). The second kappa shape index (κ2) is 7.11. The van der Waals surface area contributed by atoms with E-state index in [9.17, 15) is 9.90 Å². The number of carbonyl (C=O) groups excluding carboxylic acids is 1. The van der Waals surface area contributed by atoms with Gasteiger partial charge in [0.15, 0.2) is 0 Å². The first-order chi connectivity index (χ1) is 9.24. The molecular formula is C14H20N2O3. The second-order valence-corrected chi connectivity index (χ2v) is 4.73. The van der Waals surface area contributed by atoms with Crippen molar-refractivity contribution in [2.45, 2.75) is 19.1 Å². The topological polar surface area (TPSA) is 61.8 Å². The van der Waals surface area contributed by atoms with E-state index in [-0.39, 0.29) is 12.7 Å². The van der Waals surface area contributed by atoms with E-state index in [1.807, 2.05) is 30.3 Å². The molecule has 0 saturated carbocycles. The van der Waals surface area contributed by atoms with Crippen LogP contribution in [0.4, 0.5) is 4.79 Å². The van der Waals surface area contributed by atoms with Crippen LogP contribution in [0, 0.1) is 0 Å². The number of rotatable bonds is 5. The minimum absolute atomic E-state index is 0.218. The Morgan fingerprint density at radius 2 is 2.21 bits per heavy atom. The van der Waals surface area contributed by atoms with Crippen LogP contribution in [0.25, 0.3) is 0 Å². The lowest BCUT2D eigenvalue weighted by Crippen LogP contribution is -2.34. The van der Waals surface area contributed by atoms with Gasteiger partial charge in [-0.15, -0.1) is 0 Å². The number of alkyl carbamates (subject to hydrolysis) is 1. The van der Waals surface area contributed by atoms with Crippen molar-refractivity contribution in [3.8, 4) is 0 Å². The van der Waals surface area contributed by atoms with Crippen molar-refractivity contribution in [1.29, 1.82) is 0 Å². The van der Waals surface area contributed by atoms with E-state index in [0.29, 0.717) is 13.1 Å². The molecule has 1 atom stereocenters. The number of nitrogens with zero attached hydrogens (tertiary/aromatic N) is 1. The predicted molar refractivity (Wildman–Crippen MR) is 71.7 cm³/mol. The summed E-state index contributed by atoms with van der Waals surface area (Å²) >= 11 is 0. The van der Waals surface area contributed by atoms with Crippen LogP contribution in [-0.2, 0) is 11.3 Å². The van der Waals surface area contributed by atoms with E-state index >= 15 is 0 Å². The van der Waals surface area contributed by atoms with E-state index < -0.39 is 6.09 Å². The monoisotopic (exact) mass is 264 g/mol. The summed E-state index contributed by atoms with van der Waals surface area (Å²) in [5.41, 5.74) is 0.973. The van der Waals surface area contributed by atoms with Crippen molar-refractivity contribution in [3.05, 3.63) is 35.9 Å². The lowest BCUT2D eigenvalue weighted by Gasteiger charge is -2.15. The van der Waals surface area contributed by atoms with Gasteiger partial charge in [0, 0.05) is 26.2 Å². The van der Waals surface area contributed by atoms with Gasteiger partial charge >= 0.3 is 6.09 Å². The minimum Gasteiger partial charge on any atom is -0.445 e. The number of benzene rings is 1. The Labute approximate surface area is 113 Å². The molecule has 1 heterocycles. The van der Waals surface area contributed by atoms with Gasteiger partial charge in [-0.25, -0.2) is 4.79 Å². The summed E-state index contributed by atoms with van der Waals surface area (Å²) in [4.78, 5) is 13.6. The smallest absolute Gasteiger partial charge is 0.407 e. The highest BCUT2D eigenvalue weighted by atomic mass is 16.5. The van der Waals surface area contributed by atoms with Gasteiger partial charge in [-0.1, -0.05) is 30.3 Å². The number of carbonyl (C=O) groups is 1. The van der Waals surface area contributed by atoms with Crippen molar-refractivity contribution < 1.29 is 14.6 Å². The van der Waals surface area contributed by atoms with Gasteiger partial charge < -0.3 is 15.2 Å². The molecule has 0 unspecified atom stereocenters. The van der Waals surface area contributed by atoms with Crippen LogP contribution in [0.2, 0.25) is 0 Å². The fourth-order valence-corrected chi connectivity index (χ4v) is 2.11. The van der Waals surface area contributed by atoms with E-state index in [1.165, 1.54) is 0 Å². The van der Waals surface area contributed by atoms with Crippen molar-refractivity contribution in [2.24, 2.45) is 0 Å². The molecule has 1 aromatic carbocycles. The van der Waals surface area contributed by atoms with Crippen molar-refractivity contribution in [3.63, 3.8) is 0 Å². The molecule has 0 radical (unpaired) electrons. The zero-order valence-electron chi connectivity index (χ0n) is 10.9. The number of hydrogen-bond donors (Lipinski definition) is 2. The van der Waals surface area contributed by atoms with Gasteiger partial charge in [0.1, 0.15) is 6.61 Å². The third kappa shape index (κ3) is 4.89. The van der Waals surface area contributed by atoms with E-state index in [4.69, 9.17) is 4.74 Å². The number of nitrogens with one attached hydrogen (secondary N) is 1. The van der Waals surface area contributed by atoms with Crippen LogP contribution in [0.5, 0.6) is 0 Å². The zero-order valence-corrected chi connectivity index (χ0v) is 10.9. The van der Waals surface area contributed by atoms with Gasteiger partial charge in [0.05, 0.1) is 6.10 Å². The maximum atomic E-state index is 11.5. The number of β-amino-alcohol motifs (C(OH)–C–C–N with tert-alkyl or cyclic N) is 1. The Kier molecular flexibility index (Phi) is 5.18. The number of aliphatic hydroxyl groups is 1. The van der Waals surface area contributed by atoms with Crippen LogP contribution in [0.15, 0.2) is 30.3 Å². The molecule has 5 heteroatoms. The Morgan fingerprint density at radius 1 is 1.42 bits per heavy atom. The number of ether oxygens (including phenoxy) is 1. The van der Waals surface area contributed by atoms with Gasteiger partial charge in [-0.05, 0) is 12.0 Å². The molecule has 0 bridgehead atoms. The van der Waals surface area contributed by atoms with Crippen molar-refractivity contribution in [2.75, 3.05) is 26.2 Å². The molecule has 1 fully saturated rings. The number of aliphatic hydroxyl groups excluding tert-OH is 1.